The maximum absolute atomic E-state index is 10.6. The summed E-state index contributed by atoms with van der Waals surface area (Å²) >= 11 is 5.89. The molecule has 5 heteroatoms. The summed E-state index contributed by atoms with van der Waals surface area (Å²) in [5, 5.41) is 0.504. The summed E-state index contributed by atoms with van der Waals surface area (Å²) in [5.74, 6) is 0. The van der Waals surface area contributed by atoms with Gasteiger partial charge in [-0.3, -0.25) is 0 Å². The Morgan fingerprint density at radius 1 is 1.50 bits per heavy atom. The molecule has 1 amide bonds. The molecule has 4 nitrogen and oxygen atoms in total. The van der Waals surface area contributed by atoms with E-state index < -0.39 is 12.2 Å². The Labute approximate surface area is 86.8 Å². The largest absolute Gasteiger partial charge is 0.440 e. The first-order valence-corrected chi connectivity index (χ1v) is 4.43. The number of carbonyl (C=O) groups excluding carboxylic acids is 1. The predicted octanol–water partition coefficient (Wildman–Crippen LogP) is 1.44. The van der Waals surface area contributed by atoms with E-state index in [9.17, 15) is 4.79 Å². The van der Waals surface area contributed by atoms with Crippen LogP contribution in [0.2, 0.25) is 5.02 Å². The first-order valence-electron chi connectivity index (χ1n) is 4.05. The number of hydrogen-bond acceptors (Lipinski definition) is 3. The lowest BCUT2D eigenvalue weighted by Crippen LogP contribution is -2.23. The van der Waals surface area contributed by atoms with Crippen LogP contribution in [0.4, 0.5) is 4.79 Å². The summed E-state index contributed by atoms with van der Waals surface area (Å²) in [5.41, 5.74) is 11.0. The molecule has 0 bridgehead atoms. The molecule has 1 unspecified atom stereocenters. The molecule has 1 rings (SSSR count). The van der Waals surface area contributed by atoms with Gasteiger partial charge in [0, 0.05) is 17.1 Å². The molecule has 1 atom stereocenters. The monoisotopic (exact) mass is 214 g/mol. The molecule has 1 aromatic carbocycles. The Morgan fingerprint density at radius 2 is 2.14 bits per heavy atom. The third kappa shape index (κ3) is 2.61. The standard InChI is InChI=1S/C9H11ClN2O2/c10-7-4-2-1-3-6(7)8(5-11)14-9(12)13/h1-4,8H,5,11H2,(H2,12,13). The van der Waals surface area contributed by atoms with E-state index in [1.807, 2.05) is 0 Å². The molecule has 0 saturated heterocycles. The molecule has 0 fully saturated rings. The van der Waals surface area contributed by atoms with E-state index in [4.69, 9.17) is 27.8 Å². The Kier molecular flexibility index (Phi) is 3.73. The highest BCUT2D eigenvalue weighted by Crippen LogP contribution is 2.24. The molecule has 0 aliphatic carbocycles. The van der Waals surface area contributed by atoms with Crippen molar-refractivity contribution in [2.75, 3.05) is 6.54 Å². The fourth-order valence-electron chi connectivity index (χ4n) is 1.11. The minimum absolute atomic E-state index is 0.146. The second-order valence-electron chi connectivity index (χ2n) is 2.68. The van der Waals surface area contributed by atoms with Crippen molar-refractivity contribution < 1.29 is 9.53 Å². The van der Waals surface area contributed by atoms with Gasteiger partial charge in [0.05, 0.1) is 0 Å². The van der Waals surface area contributed by atoms with E-state index in [0.717, 1.165) is 0 Å². The van der Waals surface area contributed by atoms with Crippen LogP contribution >= 0.6 is 11.6 Å². The average Bonchev–Trinajstić information content (AvgIpc) is 2.15. The van der Waals surface area contributed by atoms with Gasteiger partial charge in [0.1, 0.15) is 6.10 Å². The molecule has 0 aromatic heterocycles. The van der Waals surface area contributed by atoms with Gasteiger partial charge in [0.15, 0.2) is 0 Å². The lowest BCUT2D eigenvalue weighted by molar-refractivity contribution is 0.111. The zero-order chi connectivity index (χ0) is 10.6. The van der Waals surface area contributed by atoms with Gasteiger partial charge in [-0.05, 0) is 6.07 Å². The Hall–Kier alpha value is -1.26. The third-order valence-corrected chi connectivity index (χ3v) is 2.07. The maximum Gasteiger partial charge on any atom is 0.405 e. The lowest BCUT2D eigenvalue weighted by Gasteiger charge is -2.15. The topological polar surface area (TPSA) is 78.3 Å². The van der Waals surface area contributed by atoms with Crippen LogP contribution in [-0.4, -0.2) is 12.6 Å². The molecular formula is C9H11ClN2O2. The summed E-state index contributed by atoms with van der Waals surface area (Å²) in [6.45, 7) is 0.146. The van der Waals surface area contributed by atoms with E-state index in [1.54, 1.807) is 24.3 Å². The minimum atomic E-state index is -0.861. The molecular weight excluding hydrogens is 204 g/mol. The van der Waals surface area contributed by atoms with Crippen molar-refractivity contribution in [1.82, 2.24) is 0 Å². The van der Waals surface area contributed by atoms with E-state index in [0.29, 0.717) is 10.6 Å². The van der Waals surface area contributed by atoms with Crippen LogP contribution in [0, 0.1) is 0 Å². The van der Waals surface area contributed by atoms with E-state index in [-0.39, 0.29) is 6.54 Å². The van der Waals surface area contributed by atoms with Crippen LogP contribution in [-0.2, 0) is 4.74 Å². The zero-order valence-electron chi connectivity index (χ0n) is 7.44. The first-order chi connectivity index (χ1) is 6.65. The summed E-state index contributed by atoms with van der Waals surface area (Å²) in [6, 6.07) is 7.00. The number of carbonyl (C=O) groups is 1. The fraction of sp³-hybridized carbons (Fsp3) is 0.222. The summed E-state index contributed by atoms with van der Waals surface area (Å²) in [4.78, 5) is 10.6. The number of nitrogens with two attached hydrogens (primary N) is 2. The maximum atomic E-state index is 10.6. The third-order valence-electron chi connectivity index (χ3n) is 1.72. The zero-order valence-corrected chi connectivity index (χ0v) is 8.20. The highest BCUT2D eigenvalue weighted by atomic mass is 35.5. The average molecular weight is 215 g/mol. The van der Waals surface area contributed by atoms with Gasteiger partial charge in [0.25, 0.3) is 0 Å². The number of benzene rings is 1. The molecule has 76 valence electrons. The van der Waals surface area contributed by atoms with Crippen molar-refractivity contribution in [3.05, 3.63) is 34.9 Å². The van der Waals surface area contributed by atoms with E-state index in [1.165, 1.54) is 0 Å². The number of rotatable bonds is 3. The Morgan fingerprint density at radius 3 is 2.64 bits per heavy atom. The van der Waals surface area contributed by atoms with Crippen LogP contribution in [0.1, 0.15) is 11.7 Å². The van der Waals surface area contributed by atoms with Crippen molar-refractivity contribution in [1.29, 1.82) is 0 Å². The minimum Gasteiger partial charge on any atom is -0.440 e. The molecule has 0 spiro atoms. The number of ether oxygens (including phenoxy) is 1. The van der Waals surface area contributed by atoms with Crippen molar-refractivity contribution in [2.45, 2.75) is 6.10 Å². The number of hydrogen-bond donors (Lipinski definition) is 2. The summed E-state index contributed by atoms with van der Waals surface area (Å²) < 4.78 is 4.80. The first kappa shape index (κ1) is 10.8. The highest BCUT2D eigenvalue weighted by molar-refractivity contribution is 6.31. The lowest BCUT2D eigenvalue weighted by atomic mass is 10.1. The van der Waals surface area contributed by atoms with Gasteiger partial charge in [-0.2, -0.15) is 0 Å². The number of amides is 1. The second kappa shape index (κ2) is 4.83. The molecule has 14 heavy (non-hydrogen) atoms. The predicted molar refractivity (Wildman–Crippen MR) is 53.9 cm³/mol. The molecule has 0 aliphatic rings. The molecule has 0 saturated carbocycles. The highest BCUT2D eigenvalue weighted by Gasteiger charge is 2.15. The van der Waals surface area contributed by atoms with Gasteiger partial charge >= 0.3 is 6.09 Å². The van der Waals surface area contributed by atoms with Crippen LogP contribution < -0.4 is 11.5 Å². The van der Waals surface area contributed by atoms with Crippen LogP contribution in [0.25, 0.3) is 0 Å². The normalized spacial score (nSPS) is 12.1. The van der Waals surface area contributed by atoms with Gasteiger partial charge in [-0.25, -0.2) is 4.79 Å². The summed E-state index contributed by atoms with van der Waals surface area (Å²) in [6.07, 6.45) is -1.44. The van der Waals surface area contributed by atoms with Crippen LogP contribution in [0.5, 0.6) is 0 Å². The van der Waals surface area contributed by atoms with Crippen molar-refractivity contribution >= 4 is 17.7 Å². The van der Waals surface area contributed by atoms with Crippen LogP contribution in [0.3, 0.4) is 0 Å². The Balaban J connectivity index is 2.89. The SMILES string of the molecule is NCC(OC(N)=O)c1ccccc1Cl. The smallest absolute Gasteiger partial charge is 0.405 e. The van der Waals surface area contributed by atoms with Gasteiger partial charge in [0.2, 0.25) is 0 Å². The van der Waals surface area contributed by atoms with Crippen molar-refractivity contribution in [2.24, 2.45) is 11.5 Å². The van der Waals surface area contributed by atoms with Gasteiger partial charge in [-0.15, -0.1) is 0 Å². The number of primary amides is 1. The van der Waals surface area contributed by atoms with E-state index >= 15 is 0 Å². The van der Waals surface area contributed by atoms with E-state index in [2.05, 4.69) is 0 Å². The quantitative estimate of drug-likeness (QED) is 0.799. The van der Waals surface area contributed by atoms with Crippen molar-refractivity contribution in [3.8, 4) is 0 Å². The van der Waals surface area contributed by atoms with Crippen LogP contribution in [0.15, 0.2) is 24.3 Å². The second-order valence-corrected chi connectivity index (χ2v) is 3.09. The molecule has 0 radical (unpaired) electrons. The molecule has 4 N–H and O–H groups in total. The molecule has 0 heterocycles. The van der Waals surface area contributed by atoms with Gasteiger partial charge in [-0.1, -0.05) is 29.8 Å². The number of halogens is 1. The summed E-state index contributed by atoms with van der Waals surface area (Å²) in [7, 11) is 0. The molecule has 1 aromatic rings. The van der Waals surface area contributed by atoms with Crippen molar-refractivity contribution in [3.63, 3.8) is 0 Å². The fourth-order valence-corrected chi connectivity index (χ4v) is 1.37. The molecule has 0 aliphatic heterocycles. The Bertz CT molecular complexity index is 330. The van der Waals surface area contributed by atoms with Gasteiger partial charge < -0.3 is 16.2 Å².